The van der Waals surface area contributed by atoms with Crippen LogP contribution < -0.4 is 15.4 Å². The molecule has 1 atom stereocenters. The van der Waals surface area contributed by atoms with Crippen molar-refractivity contribution in [3.05, 3.63) is 29.8 Å². The van der Waals surface area contributed by atoms with E-state index < -0.39 is 10.0 Å². The molecule has 1 saturated heterocycles. The molecule has 3 N–H and O–H groups in total. The number of rotatable bonds is 5. The summed E-state index contributed by atoms with van der Waals surface area (Å²) < 4.78 is 26.6. The molecule has 1 unspecified atom stereocenters. The van der Waals surface area contributed by atoms with Crippen LogP contribution in [0.3, 0.4) is 0 Å². The van der Waals surface area contributed by atoms with E-state index in [0.29, 0.717) is 5.56 Å². The third-order valence-corrected chi connectivity index (χ3v) is 5.12. The molecule has 0 aromatic heterocycles. The minimum absolute atomic E-state index is 0.132. The summed E-state index contributed by atoms with van der Waals surface area (Å²) in [7, 11) is -3.52. The number of amides is 1. The topological polar surface area (TPSA) is 87.3 Å². The van der Waals surface area contributed by atoms with Crippen LogP contribution in [0.2, 0.25) is 0 Å². The second-order valence-corrected chi connectivity index (χ2v) is 7.53. The molecule has 1 aliphatic heterocycles. The van der Waals surface area contributed by atoms with Gasteiger partial charge in [-0.15, -0.1) is 0 Å². The van der Waals surface area contributed by atoms with Gasteiger partial charge in [-0.05, 0) is 57.5 Å². The Morgan fingerprint density at radius 3 is 2.50 bits per heavy atom. The van der Waals surface area contributed by atoms with Crippen LogP contribution in [-0.4, -0.2) is 39.5 Å². The molecule has 22 heavy (non-hydrogen) atoms. The molecule has 1 heterocycles. The summed E-state index contributed by atoms with van der Waals surface area (Å²) in [5.74, 6) is -0.172. The summed E-state index contributed by atoms with van der Waals surface area (Å²) in [6.07, 6.45) is 2.01. The standard InChI is InChI=1S/C15H23N3O3S/c1-11(2)18-22(20,21)14-7-5-12(6-8-14)15(19)17-13-4-3-9-16-10-13/h5-8,11,13,16,18H,3-4,9-10H2,1-2H3,(H,17,19). The summed E-state index contributed by atoms with van der Waals surface area (Å²) in [5.41, 5.74) is 0.467. The number of hydrogen-bond donors (Lipinski definition) is 3. The summed E-state index contributed by atoms with van der Waals surface area (Å²) in [6.45, 7) is 5.29. The van der Waals surface area contributed by atoms with E-state index in [1.807, 2.05) is 0 Å². The molecule has 0 bridgehead atoms. The summed E-state index contributed by atoms with van der Waals surface area (Å²) >= 11 is 0. The van der Waals surface area contributed by atoms with Gasteiger partial charge in [0, 0.05) is 24.2 Å². The zero-order chi connectivity index (χ0) is 16.2. The number of benzene rings is 1. The van der Waals surface area contributed by atoms with Crippen molar-refractivity contribution in [3.63, 3.8) is 0 Å². The SMILES string of the molecule is CC(C)NS(=O)(=O)c1ccc(C(=O)NC2CCCNC2)cc1. The van der Waals surface area contributed by atoms with Crippen molar-refractivity contribution in [2.45, 2.75) is 43.7 Å². The largest absolute Gasteiger partial charge is 0.348 e. The van der Waals surface area contributed by atoms with Gasteiger partial charge in [-0.2, -0.15) is 0 Å². The average molecular weight is 325 g/mol. The highest BCUT2D eigenvalue weighted by Crippen LogP contribution is 2.12. The van der Waals surface area contributed by atoms with E-state index in [1.165, 1.54) is 12.1 Å². The lowest BCUT2D eigenvalue weighted by Crippen LogP contribution is -2.45. The van der Waals surface area contributed by atoms with Gasteiger partial charge < -0.3 is 10.6 Å². The molecule has 2 rings (SSSR count). The van der Waals surface area contributed by atoms with Crippen LogP contribution in [0.4, 0.5) is 0 Å². The number of carbonyl (C=O) groups excluding carboxylic acids is 1. The minimum atomic E-state index is -3.52. The highest BCUT2D eigenvalue weighted by Gasteiger charge is 2.18. The summed E-state index contributed by atoms with van der Waals surface area (Å²) in [4.78, 5) is 12.3. The Balaban J connectivity index is 2.03. The Kier molecular flexibility index (Phi) is 5.55. The lowest BCUT2D eigenvalue weighted by Gasteiger charge is -2.23. The number of carbonyl (C=O) groups is 1. The van der Waals surface area contributed by atoms with Crippen LogP contribution in [0.25, 0.3) is 0 Å². The zero-order valence-electron chi connectivity index (χ0n) is 12.9. The first-order valence-electron chi connectivity index (χ1n) is 7.52. The van der Waals surface area contributed by atoms with Gasteiger partial charge in [0.15, 0.2) is 0 Å². The van der Waals surface area contributed by atoms with Crippen LogP contribution in [0, 0.1) is 0 Å². The second kappa shape index (κ2) is 7.21. The Morgan fingerprint density at radius 2 is 1.95 bits per heavy atom. The fraction of sp³-hybridized carbons (Fsp3) is 0.533. The van der Waals surface area contributed by atoms with E-state index in [2.05, 4.69) is 15.4 Å². The zero-order valence-corrected chi connectivity index (χ0v) is 13.7. The number of hydrogen-bond acceptors (Lipinski definition) is 4. The molecule has 1 fully saturated rings. The highest BCUT2D eigenvalue weighted by molar-refractivity contribution is 7.89. The molecule has 7 heteroatoms. The molecule has 6 nitrogen and oxygen atoms in total. The van der Waals surface area contributed by atoms with E-state index in [9.17, 15) is 13.2 Å². The van der Waals surface area contributed by atoms with Crippen molar-refractivity contribution in [2.75, 3.05) is 13.1 Å². The number of nitrogens with one attached hydrogen (secondary N) is 3. The Morgan fingerprint density at radius 1 is 1.27 bits per heavy atom. The van der Waals surface area contributed by atoms with Crippen LogP contribution in [-0.2, 0) is 10.0 Å². The van der Waals surface area contributed by atoms with E-state index >= 15 is 0 Å². The molecular weight excluding hydrogens is 302 g/mol. The monoisotopic (exact) mass is 325 g/mol. The third kappa shape index (κ3) is 4.53. The Labute approximate surface area is 131 Å². The van der Waals surface area contributed by atoms with Gasteiger partial charge in [0.05, 0.1) is 4.90 Å². The third-order valence-electron chi connectivity index (χ3n) is 3.45. The van der Waals surface area contributed by atoms with Gasteiger partial charge in [0.2, 0.25) is 10.0 Å². The van der Waals surface area contributed by atoms with E-state index in [0.717, 1.165) is 25.9 Å². The van der Waals surface area contributed by atoms with Gasteiger partial charge in [-0.1, -0.05) is 0 Å². The summed E-state index contributed by atoms with van der Waals surface area (Å²) in [5, 5.41) is 6.20. The van der Waals surface area contributed by atoms with Crippen molar-refractivity contribution >= 4 is 15.9 Å². The lowest BCUT2D eigenvalue weighted by molar-refractivity contribution is 0.0930. The second-order valence-electron chi connectivity index (χ2n) is 5.82. The van der Waals surface area contributed by atoms with Gasteiger partial charge in [-0.25, -0.2) is 13.1 Å². The molecule has 122 valence electrons. The Hall–Kier alpha value is -1.44. The predicted molar refractivity (Wildman–Crippen MR) is 85.3 cm³/mol. The fourth-order valence-electron chi connectivity index (χ4n) is 2.41. The molecule has 1 amide bonds. The maximum atomic E-state index is 12.1. The van der Waals surface area contributed by atoms with Crippen molar-refractivity contribution in [2.24, 2.45) is 0 Å². The normalized spacial score (nSPS) is 19.1. The average Bonchev–Trinajstić information content (AvgIpc) is 2.47. The molecular formula is C15H23N3O3S. The van der Waals surface area contributed by atoms with Crippen LogP contribution in [0.1, 0.15) is 37.0 Å². The van der Waals surface area contributed by atoms with Crippen molar-refractivity contribution in [1.82, 2.24) is 15.4 Å². The molecule has 1 aliphatic rings. The first-order valence-corrected chi connectivity index (χ1v) is 9.01. The molecule has 0 radical (unpaired) electrons. The van der Waals surface area contributed by atoms with E-state index in [-0.39, 0.29) is 22.9 Å². The van der Waals surface area contributed by atoms with E-state index in [1.54, 1.807) is 26.0 Å². The van der Waals surface area contributed by atoms with Crippen molar-refractivity contribution < 1.29 is 13.2 Å². The number of sulfonamides is 1. The molecule has 0 saturated carbocycles. The fourth-order valence-corrected chi connectivity index (χ4v) is 3.66. The minimum Gasteiger partial charge on any atom is -0.348 e. The summed E-state index contributed by atoms with van der Waals surface area (Å²) in [6, 6.07) is 5.96. The quantitative estimate of drug-likeness (QED) is 0.749. The van der Waals surface area contributed by atoms with E-state index in [4.69, 9.17) is 0 Å². The molecule has 1 aromatic carbocycles. The van der Waals surface area contributed by atoms with Crippen molar-refractivity contribution in [3.8, 4) is 0 Å². The van der Waals surface area contributed by atoms with Gasteiger partial charge in [0.25, 0.3) is 5.91 Å². The maximum Gasteiger partial charge on any atom is 0.251 e. The first kappa shape index (κ1) is 16.9. The van der Waals surface area contributed by atoms with Gasteiger partial charge in [-0.3, -0.25) is 4.79 Å². The van der Waals surface area contributed by atoms with Gasteiger partial charge in [0.1, 0.15) is 0 Å². The highest BCUT2D eigenvalue weighted by atomic mass is 32.2. The number of piperidine rings is 1. The van der Waals surface area contributed by atoms with Crippen LogP contribution >= 0.6 is 0 Å². The van der Waals surface area contributed by atoms with Crippen LogP contribution in [0.5, 0.6) is 0 Å². The first-order chi connectivity index (χ1) is 10.4. The Bertz CT molecular complexity index is 605. The lowest BCUT2D eigenvalue weighted by atomic mass is 10.1. The molecule has 1 aromatic rings. The molecule has 0 aliphatic carbocycles. The predicted octanol–water partition coefficient (Wildman–Crippen LogP) is 0.855. The maximum absolute atomic E-state index is 12.1. The van der Waals surface area contributed by atoms with Crippen molar-refractivity contribution in [1.29, 1.82) is 0 Å². The van der Waals surface area contributed by atoms with Crippen LogP contribution in [0.15, 0.2) is 29.2 Å². The smallest absolute Gasteiger partial charge is 0.251 e. The molecule has 0 spiro atoms. The van der Waals surface area contributed by atoms with Gasteiger partial charge >= 0.3 is 0 Å².